The van der Waals surface area contributed by atoms with E-state index in [2.05, 4.69) is 33.0 Å². The Labute approximate surface area is 109 Å². The second-order valence-corrected chi connectivity index (χ2v) is 6.52. The summed E-state index contributed by atoms with van der Waals surface area (Å²) in [5.41, 5.74) is 0. The van der Waals surface area contributed by atoms with Crippen molar-refractivity contribution in [1.29, 1.82) is 0 Å². The quantitative estimate of drug-likeness (QED) is 0.675. The van der Waals surface area contributed by atoms with Gasteiger partial charge in [-0.3, -0.25) is 0 Å². The monoisotopic (exact) mass is 239 g/mol. The highest BCUT2D eigenvalue weighted by Crippen LogP contribution is 2.26. The summed E-state index contributed by atoms with van der Waals surface area (Å²) >= 11 is 0. The lowest BCUT2D eigenvalue weighted by Gasteiger charge is -2.31. The van der Waals surface area contributed by atoms with Crippen LogP contribution >= 0.6 is 0 Å². The van der Waals surface area contributed by atoms with Crippen LogP contribution in [0.1, 0.15) is 79.1 Å². The van der Waals surface area contributed by atoms with Crippen LogP contribution in [0.15, 0.2) is 0 Å². The van der Waals surface area contributed by atoms with E-state index < -0.39 is 0 Å². The summed E-state index contributed by atoms with van der Waals surface area (Å²) in [6.45, 7) is 9.35. The highest BCUT2D eigenvalue weighted by atomic mass is 14.9. The summed E-state index contributed by atoms with van der Waals surface area (Å²) < 4.78 is 0. The first kappa shape index (κ1) is 15.0. The van der Waals surface area contributed by atoms with Crippen molar-refractivity contribution < 1.29 is 0 Å². The summed E-state index contributed by atoms with van der Waals surface area (Å²) in [6, 6.07) is 1.53. The summed E-state index contributed by atoms with van der Waals surface area (Å²) in [7, 11) is 0. The maximum atomic E-state index is 3.84. The fraction of sp³-hybridized carbons (Fsp3) is 1.00. The number of hydrogen-bond donors (Lipinski definition) is 1. The van der Waals surface area contributed by atoms with Gasteiger partial charge in [-0.1, -0.05) is 40.0 Å². The van der Waals surface area contributed by atoms with Crippen molar-refractivity contribution in [3.8, 4) is 0 Å². The molecule has 1 rings (SSSR count). The molecule has 1 fully saturated rings. The molecule has 1 unspecified atom stereocenters. The molecule has 0 aromatic heterocycles. The molecular formula is C16H33N. The lowest BCUT2D eigenvalue weighted by atomic mass is 9.84. The number of hydrogen-bond acceptors (Lipinski definition) is 1. The van der Waals surface area contributed by atoms with Crippen molar-refractivity contribution in [3.63, 3.8) is 0 Å². The van der Waals surface area contributed by atoms with Gasteiger partial charge >= 0.3 is 0 Å². The van der Waals surface area contributed by atoms with E-state index in [1.54, 1.807) is 0 Å². The van der Waals surface area contributed by atoms with Gasteiger partial charge in [0.15, 0.2) is 0 Å². The van der Waals surface area contributed by atoms with Crippen LogP contribution in [-0.4, -0.2) is 12.1 Å². The van der Waals surface area contributed by atoms with E-state index in [0.717, 1.165) is 23.9 Å². The summed E-state index contributed by atoms with van der Waals surface area (Å²) in [6.07, 6.45) is 11.2. The van der Waals surface area contributed by atoms with E-state index in [9.17, 15) is 0 Å². The van der Waals surface area contributed by atoms with Crippen LogP contribution in [0.3, 0.4) is 0 Å². The lowest BCUT2D eigenvalue weighted by Crippen LogP contribution is -2.39. The van der Waals surface area contributed by atoms with Crippen molar-refractivity contribution >= 4 is 0 Å². The molecule has 0 aliphatic heterocycles. The van der Waals surface area contributed by atoms with Crippen LogP contribution in [0.4, 0.5) is 0 Å². The van der Waals surface area contributed by atoms with E-state index >= 15 is 0 Å². The summed E-state index contributed by atoms with van der Waals surface area (Å²) in [5, 5.41) is 3.84. The highest BCUT2D eigenvalue weighted by Gasteiger charge is 2.20. The third-order valence-corrected chi connectivity index (χ3v) is 4.36. The fourth-order valence-electron chi connectivity index (χ4n) is 3.06. The average molecular weight is 239 g/mol. The molecule has 1 N–H and O–H groups in total. The zero-order valence-corrected chi connectivity index (χ0v) is 12.5. The highest BCUT2D eigenvalue weighted by molar-refractivity contribution is 4.78. The molecule has 0 aromatic carbocycles. The number of nitrogens with one attached hydrogen (secondary N) is 1. The zero-order chi connectivity index (χ0) is 12.7. The fourth-order valence-corrected chi connectivity index (χ4v) is 3.06. The molecular weight excluding hydrogens is 206 g/mol. The lowest BCUT2D eigenvalue weighted by molar-refractivity contribution is 0.267. The first-order chi connectivity index (χ1) is 8.11. The largest absolute Gasteiger partial charge is 0.312 e. The second-order valence-electron chi connectivity index (χ2n) is 6.52. The Balaban J connectivity index is 2.08. The van der Waals surface area contributed by atoms with Gasteiger partial charge < -0.3 is 5.32 Å². The first-order valence-corrected chi connectivity index (χ1v) is 7.87. The molecule has 1 nitrogen and oxygen atoms in total. The van der Waals surface area contributed by atoms with E-state index in [1.807, 2.05) is 0 Å². The molecule has 1 atom stereocenters. The Hall–Kier alpha value is -0.0400. The smallest absolute Gasteiger partial charge is 0.00697 e. The minimum absolute atomic E-state index is 0.719. The Kier molecular flexibility index (Phi) is 7.18. The predicted octanol–water partition coefficient (Wildman–Crippen LogP) is 4.76. The Morgan fingerprint density at radius 3 is 2.18 bits per heavy atom. The van der Waals surface area contributed by atoms with Gasteiger partial charge in [-0.25, -0.2) is 0 Å². The summed E-state index contributed by atoms with van der Waals surface area (Å²) in [5.74, 6) is 1.88. The molecule has 0 saturated heterocycles. The Bertz CT molecular complexity index is 180. The van der Waals surface area contributed by atoms with Crippen LogP contribution in [-0.2, 0) is 0 Å². The van der Waals surface area contributed by atoms with Gasteiger partial charge in [0.05, 0.1) is 0 Å². The molecule has 0 spiro atoms. The molecule has 17 heavy (non-hydrogen) atoms. The molecule has 1 saturated carbocycles. The van der Waals surface area contributed by atoms with E-state index in [-0.39, 0.29) is 0 Å². The maximum Gasteiger partial charge on any atom is 0.00697 e. The van der Waals surface area contributed by atoms with Gasteiger partial charge in [-0.05, 0) is 50.9 Å². The molecule has 1 aliphatic carbocycles. The van der Waals surface area contributed by atoms with Crippen molar-refractivity contribution in [2.75, 3.05) is 0 Å². The molecule has 1 aliphatic rings. The minimum atomic E-state index is 0.719. The minimum Gasteiger partial charge on any atom is -0.312 e. The molecule has 0 bridgehead atoms. The van der Waals surface area contributed by atoms with Gasteiger partial charge in [-0.15, -0.1) is 0 Å². The van der Waals surface area contributed by atoms with Crippen LogP contribution < -0.4 is 5.32 Å². The van der Waals surface area contributed by atoms with Crippen molar-refractivity contribution in [2.24, 2.45) is 11.8 Å². The van der Waals surface area contributed by atoms with Gasteiger partial charge in [-0.2, -0.15) is 0 Å². The molecule has 1 heteroatoms. The van der Waals surface area contributed by atoms with E-state index in [4.69, 9.17) is 0 Å². The number of rotatable bonds is 7. The SMILES string of the molecule is CCC1CCC(NC(C)CCCC(C)C)CC1. The Morgan fingerprint density at radius 2 is 1.65 bits per heavy atom. The normalized spacial score (nSPS) is 27.4. The molecule has 0 radical (unpaired) electrons. The van der Waals surface area contributed by atoms with Crippen molar-refractivity contribution in [3.05, 3.63) is 0 Å². The first-order valence-electron chi connectivity index (χ1n) is 7.87. The third kappa shape index (κ3) is 6.45. The molecule has 0 amide bonds. The topological polar surface area (TPSA) is 12.0 Å². The Morgan fingerprint density at radius 1 is 1.00 bits per heavy atom. The van der Waals surface area contributed by atoms with E-state index in [0.29, 0.717) is 0 Å². The predicted molar refractivity (Wildman–Crippen MR) is 77.3 cm³/mol. The second kappa shape index (κ2) is 8.13. The maximum absolute atomic E-state index is 3.84. The van der Waals surface area contributed by atoms with Gasteiger partial charge in [0, 0.05) is 12.1 Å². The summed E-state index contributed by atoms with van der Waals surface area (Å²) in [4.78, 5) is 0. The zero-order valence-electron chi connectivity index (χ0n) is 12.5. The van der Waals surface area contributed by atoms with Crippen LogP contribution in [0.25, 0.3) is 0 Å². The van der Waals surface area contributed by atoms with Crippen LogP contribution in [0.5, 0.6) is 0 Å². The van der Waals surface area contributed by atoms with Gasteiger partial charge in [0.1, 0.15) is 0 Å². The van der Waals surface area contributed by atoms with E-state index in [1.165, 1.54) is 51.4 Å². The van der Waals surface area contributed by atoms with Gasteiger partial charge in [0.25, 0.3) is 0 Å². The van der Waals surface area contributed by atoms with Crippen molar-refractivity contribution in [1.82, 2.24) is 5.32 Å². The molecule has 0 heterocycles. The third-order valence-electron chi connectivity index (χ3n) is 4.36. The standard InChI is InChI=1S/C16H33N/c1-5-15-9-11-16(12-10-15)17-14(4)8-6-7-13(2)3/h13-17H,5-12H2,1-4H3. The molecule has 0 aromatic rings. The van der Waals surface area contributed by atoms with Crippen LogP contribution in [0.2, 0.25) is 0 Å². The average Bonchev–Trinajstić information content (AvgIpc) is 2.29. The van der Waals surface area contributed by atoms with Crippen LogP contribution in [0, 0.1) is 11.8 Å². The van der Waals surface area contributed by atoms with Gasteiger partial charge in [0.2, 0.25) is 0 Å². The molecule has 102 valence electrons. The van der Waals surface area contributed by atoms with Crippen molar-refractivity contribution in [2.45, 2.75) is 91.1 Å².